The number of likely N-dealkylation sites (tertiary alicyclic amines) is 2. The number of rotatable bonds is 3. The fourth-order valence-corrected chi connectivity index (χ4v) is 4.21. The van der Waals surface area contributed by atoms with E-state index in [1.807, 2.05) is 4.90 Å². The minimum absolute atomic E-state index is 0.131. The number of carbonyl (C=O) groups excluding carboxylic acids is 2. The lowest BCUT2D eigenvalue weighted by atomic mass is 9.72. The molecule has 3 amide bonds. The van der Waals surface area contributed by atoms with Gasteiger partial charge in [0.05, 0.1) is 0 Å². The van der Waals surface area contributed by atoms with Crippen molar-refractivity contribution >= 4 is 17.6 Å². The fraction of sp³-hybridized carbons (Fsp3) is 0.600. The second-order valence-corrected chi connectivity index (χ2v) is 8.14. The molecule has 1 aromatic rings. The standard InChI is InChI=1S/C20H26FN3O2/c21-16-3-5-17(6-4-16)22-19(26)23-11-9-20(10-12-23)8-7-18(25)24(14-20)13-15-1-2-15/h3-6,15H,1-2,7-14H2,(H,22,26). The van der Waals surface area contributed by atoms with Crippen LogP contribution in [0.1, 0.15) is 38.5 Å². The Morgan fingerprint density at radius 3 is 2.50 bits per heavy atom. The van der Waals surface area contributed by atoms with Crippen LogP contribution in [-0.4, -0.2) is 47.9 Å². The molecule has 0 aromatic heterocycles. The summed E-state index contributed by atoms with van der Waals surface area (Å²) in [4.78, 5) is 28.6. The number of nitrogens with zero attached hydrogens (tertiary/aromatic N) is 2. The summed E-state index contributed by atoms with van der Waals surface area (Å²) >= 11 is 0. The maximum atomic E-state index is 13.0. The van der Waals surface area contributed by atoms with Crippen LogP contribution < -0.4 is 5.32 Å². The van der Waals surface area contributed by atoms with Gasteiger partial charge in [-0.1, -0.05) is 0 Å². The molecule has 1 aromatic carbocycles. The van der Waals surface area contributed by atoms with Crippen LogP contribution in [0.15, 0.2) is 24.3 Å². The maximum absolute atomic E-state index is 13.0. The van der Waals surface area contributed by atoms with Crippen LogP contribution in [0, 0.1) is 17.2 Å². The smallest absolute Gasteiger partial charge is 0.321 e. The molecule has 0 atom stereocenters. The molecule has 2 saturated heterocycles. The van der Waals surface area contributed by atoms with Crippen LogP contribution in [0.3, 0.4) is 0 Å². The first-order chi connectivity index (χ1) is 12.5. The van der Waals surface area contributed by atoms with Gasteiger partial charge < -0.3 is 15.1 Å². The van der Waals surface area contributed by atoms with E-state index >= 15 is 0 Å². The number of hydrogen-bond acceptors (Lipinski definition) is 2. The second kappa shape index (κ2) is 6.89. The number of nitrogens with one attached hydrogen (secondary N) is 1. The molecule has 3 fully saturated rings. The Labute approximate surface area is 153 Å². The predicted octanol–water partition coefficient (Wildman–Crippen LogP) is 3.47. The van der Waals surface area contributed by atoms with Gasteiger partial charge in [-0.15, -0.1) is 0 Å². The minimum atomic E-state index is -0.314. The molecule has 1 N–H and O–H groups in total. The quantitative estimate of drug-likeness (QED) is 0.898. The summed E-state index contributed by atoms with van der Waals surface area (Å²) in [5.74, 6) is 0.709. The van der Waals surface area contributed by atoms with E-state index in [2.05, 4.69) is 10.2 Å². The average Bonchev–Trinajstić information content (AvgIpc) is 3.45. The van der Waals surface area contributed by atoms with Crippen molar-refractivity contribution in [2.45, 2.75) is 38.5 Å². The van der Waals surface area contributed by atoms with Crippen LogP contribution >= 0.6 is 0 Å². The zero-order chi connectivity index (χ0) is 18.1. The van der Waals surface area contributed by atoms with Gasteiger partial charge in [-0.05, 0) is 67.7 Å². The van der Waals surface area contributed by atoms with E-state index in [0.29, 0.717) is 31.1 Å². The first kappa shape index (κ1) is 17.3. The van der Waals surface area contributed by atoms with Gasteiger partial charge >= 0.3 is 6.03 Å². The van der Waals surface area contributed by atoms with Gasteiger partial charge in [0.25, 0.3) is 0 Å². The highest BCUT2D eigenvalue weighted by Crippen LogP contribution is 2.41. The number of carbonyl (C=O) groups is 2. The highest BCUT2D eigenvalue weighted by Gasteiger charge is 2.42. The van der Waals surface area contributed by atoms with E-state index in [0.717, 1.165) is 38.3 Å². The Hall–Kier alpha value is -2.11. The normalized spacial score (nSPS) is 22.6. The Morgan fingerprint density at radius 2 is 1.85 bits per heavy atom. The minimum Gasteiger partial charge on any atom is -0.342 e. The molecule has 2 aliphatic heterocycles. The molecule has 0 bridgehead atoms. The number of hydrogen-bond donors (Lipinski definition) is 1. The molecule has 1 saturated carbocycles. The first-order valence-electron chi connectivity index (χ1n) is 9.62. The molecule has 1 aliphatic carbocycles. The van der Waals surface area contributed by atoms with E-state index in [1.54, 1.807) is 12.1 Å². The number of anilines is 1. The third kappa shape index (κ3) is 3.84. The van der Waals surface area contributed by atoms with Gasteiger partial charge in [-0.25, -0.2) is 9.18 Å². The van der Waals surface area contributed by atoms with E-state index in [-0.39, 0.29) is 17.3 Å². The van der Waals surface area contributed by atoms with Crippen molar-refractivity contribution in [1.29, 1.82) is 0 Å². The Morgan fingerprint density at radius 1 is 1.15 bits per heavy atom. The molecule has 3 aliphatic rings. The molecule has 0 radical (unpaired) electrons. The van der Waals surface area contributed by atoms with Crippen molar-refractivity contribution in [1.82, 2.24) is 9.80 Å². The lowest BCUT2D eigenvalue weighted by Gasteiger charge is -2.47. The van der Waals surface area contributed by atoms with Crippen molar-refractivity contribution in [3.63, 3.8) is 0 Å². The zero-order valence-corrected chi connectivity index (χ0v) is 15.0. The molecular formula is C20H26FN3O2. The van der Waals surface area contributed by atoms with E-state index in [1.165, 1.54) is 25.0 Å². The van der Waals surface area contributed by atoms with Crippen molar-refractivity contribution in [3.05, 3.63) is 30.1 Å². The molecule has 5 nitrogen and oxygen atoms in total. The van der Waals surface area contributed by atoms with Gasteiger partial charge in [0, 0.05) is 38.3 Å². The summed E-state index contributed by atoms with van der Waals surface area (Å²) in [6, 6.07) is 5.69. The molecule has 4 rings (SSSR count). The molecule has 0 unspecified atom stereocenters. The monoisotopic (exact) mass is 359 g/mol. The lowest BCUT2D eigenvalue weighted by Crippen LogP contribution is -2.53. The summed E-state index contributed by atoms with van der Waals surface area (Å²) in [7, 11) is 0. The highest BCUT2D eigenvalue weighted by atomic mass is 19.1. The van der Waals surface area contributed by atoms with E-state index in [4.69, 9.17) is 0 Å². The summed E-state index contributed by atoms with van der Waals surface area (Å²) in [6.07, 6.45) is 5.99. The predicted molar refractivity (Wildman–Crippen MR) is 97.2 cm³/mol. The SMILES string of the molecule is O=C1CCC2(CCN(C(=O)Nc3ccc(F)cc3)CC2)CN1CC1CC1. The second-order valence-electron chi connectivity index (χ2n) is 8.14. The van der Waals surface area contributed by atoms with Crippen LogP contribution in [-0.2, 0) is 4.79 Å². The third-order valence-corrected chi connectivity index (χ3v) is 6.13. The number of amides is 3. The van der Waals surface area contributed by atoms with Gasteiger partial charge in [-0.2, -0.15) is 0 Å². The topological polar surface area (TPSA) is 52.7 Å². The highest BCUT2D eigenvalue weighted by molar-refractivity contribution is 5.89. The van der Waals surface area contributed by atoms with Crippen molar-refractivity contribution in [2.75, 3.05) is 31.5 Å². The molecule has 140 valence electrons. The lowest BCUT2D eigenvalue weighted by molar-refractivity contribution is -0.139. The van der Waals surface area contributed by atoms with Gasteiger partial charge in [-0.3, -0.25) is 4.79 Å². The van der Waals surface area contributed by atoms with E-state index in [9.17, 15) is 14.0 Å². The van der Waals surface area contributed by atoms with Crippen LogP contribution in [0.2, 0.25) is 0 Å². The zero-order valence-electron chi connectivity index (χ0n) is 15.0. The van der Waals surface area contributed by atoms with Crippen LogP contribution in [0.5, 0.6) is 0 Å². The van der Waals surface area contributed by atoms with Crippen LogP contribution in [0.25, 0.3) is 0 Å². The van der Waals surface area contributed by atoms with Crippen molar-refractivity contribution in [3.8, 4) is 0 Å². The maximum Gasteiger partial charge on any atom is 0.321 e. The molecule has 1 spiro atoms. The first-order valence-corrected chi connectivity index (χ1v) is 9.62. The van der Waals surface area contributed by atoms with Gasteiger partial charge in [0.2, 0.25) is 5.91 Å². The Balaban J connectivity index is 1.32. The number of piperidine rings is 2. The fourth-order valence-electron chi connectivity index (χ4n) is 4.21. The van der Waals surface area contributed by atoms with Gasteiger partial charge in [0.1, 0.15) is 5.82 Å². The summed E-state index contributed by atoms with van der Waals surface area (Å²) in [6.45, 7) is 3.20. The van der Waals surface area contributed by atoms with Gasteiger partial charge in [0.15, 0.2) is 0 Å². The summed E-state index contributed by atoms with van der Waals surface area (Å²) in [5, 5.41) is 2.84. The Bertz CT molecular complexity index is 679. The molecule has 6 heteroatoms. The molecule has 26 heavy (non-hydrogen) atoms. The van der Waals surface area contributed by atoms with E-state index < -0.39 is 0 Å². The van der Waals surface area contributed by atoms with Crippen molar-refractivity contribution in [2.24, 2.45) is 11.3 Å². The third-order valence-electron chi connectivity index (χ3n) is 6.13. The largest absolute Gasteiger partial charge is 0.342 e. The summed E-state index contributed by atoms with van der Waals surface area (Å²) < 4.78 is 13.0. The van der Waals surface area contributed by atoms with Crippen molar-refractivity contribution < 1.29 is 14.0 Å². The number of urea groups is 1. The van der Waals surface area contributed by atoms with Crippen LogP contribution in [0.4, 0.5) is 14.9 Å². The Kier molecular flexibility index (Phi) is 4.59. The molecular weight excluding hydrogens is 333 g/mol. The number of benzene rings is 1. The summed E-state index contributed by atoms with van der Waals surface area (Å²) in [5.41, 5.74) is 0.783. The number of halogens is 1. The average molecular weight is 359 g/mol. The molecule has 2 heterocycles.